The minimum atomic E-state index is -0.909. The number of hydrogen-bond donors (Lipinski definition) is 1. The number of halogens is 1. The van der Waals surface area contributed by atoms with Crippen LogP contribution in [0.4, 0.5) is 9.18 Å². The van der Waals surface area contributed by atoms with E-state index in [9.17, 15) is 14.3 Å². The second-order valence-electron chi connectivity index (χ2n) is 7.08. The first-order valence-corrected chi connectivity index (χ1v) is 8.75. The molecule has 0 radical (unpaired) electrons. The summed E-state index contributed by atoms with van der Waals surface area (Å²) in [5, 5.41) is 9.72. The third-order valence-corrected chi connectivity index (χ3v) is 5.01. The van der Waals surface area contributed by atoms with Gasteiger partial charge in [-0.15, -0.1) is 0 Å². The number of amides is 1. The Balaban J connectivity index is 1.63. The van der Waals surface area contributed by atoms with E-state index in [1.807, 2.05) is 37.3 Å². The molecule has 1 aromatic carbocycles. The SMILES string of the molecule is C[C@]1(Cc2ccccc2)CC[C@@H](COc2ccc(F)cn2)CN1C(=O)O. The Hall–Kier alpha value is -2.63. The summed E-state index contributed by atoms with van der Waals surface area (Å²) in [5.41, 5.74) is 0.698. The van der Waals surface area contributed by atoms with Crippen molar-refractivity contribution in [3.8, 4) is 5.88 Å². The monoisotopic (exact) mass is 358 g/mol. The molecule has 1 N–H and O–H groups in total. The molecule has 1 aliphatic heterocycles. The van der Waals surface area contributed by atoms with E-state index < -0.39 is 17.4 Å². The number of hydrogen-bond acceptors (Lipinski definition) is 3. The molecule has 138 valence electrons. The molecule has 1 aliphatic rings. The zero-order valence-corrected chi connectivity index (χ0v) is 14.8. The maximum atomic E-state index is 12.9. The normalized spacial score (nSPS) is 22.8. The topological polar surface area (TPSA) is 62.7 Å². The summed E-state index contributed by atoms with van der Waals surface area (Å²) in [4.78, 5) is 17.3. The first kappa shape index (κ1) is 18.2. The summed E-state index contributed by atoms with van der Waals surface area (Å²) in [6.45, 7) is 2.79. The highest BCUT2D eigenvalue weighted by Crippen LogP contribution is 2.34. The molecule has 0 aliphatic carbocycles. The fourth-order valence-electron chi connectivity index (χ4n) is 3.54. The van der Waals surface area contributed by atoms with Crippen LogP contribution in [0.3, 0.4) is 0 Å². The largest absolute Gasteiger partial charge is 0.477 e. The maximum absolute atomic E-state index is 12.9. The van der Waals surface area contributed by atoms with Crippen LogP contribution in [0.2, 0.25) is 0 Å². The summed E-state index contributed by atoms with van der Waals surface area (Å²) in [7, 11) is 0. The Labute approximate surface area is 152 Å². The van der Waals surface area contributed by atoms with Gasteiger partial charge in [0.05, 0.1) is 12.8 Å². The molecule has 1 aromatic heterocycles. The van der Waals surface area contributed by atoms with Crippen LogP contribution in [0.5, 0.6) is 5.88 Å². The number of likely N-dealkylation sites (tertiary alicyclic amines) is 1. The molecule has 6 heteroatoms. The van der Waals surface area contributed by atoms with Gasteiger partial charge < -0.3 is 14.7 Å². The number of carboxylic acid groups (broad SMARTS) is 1. The zero-order chi connectivity index (χ0) is 18.6. The van der Waals surface area contributed by atoms with Gasteiger partial charge in [-0.05, 0) is 37.8 Å². The van der Waals surface area contributed by atoms with E-state index >= 15 is 0 Å². The molecule has 1 saturated heterocycles. The maximum Gasteiger partial charge on any atom is 0.407 e. The molecule has 2 heterocycles. The Kier molecular flexibility index (Phi) is 5.40. The van der Waals surface area contributed by atoms with Crippen molar-refractivity contribution in [1.29, 1.82) is 0 Å². The molecule has 0 spiro atoms. The van der Waals surface area contributed by atoms with Crippen molar-refractivity contribution >= 4 is 6.09 Å². The summed E-state index contributed by atoms with van der Waals surface area (Å²) in [6, 6.07) is 12.7. The Morgan fingerprint density at radius 3 is 2.77 bits per heavy atom. The van der Waals surface area contributed by atoms with Crippen LogP contribution < -0.4 is 4.74 Å². The lowest BCUT2D eigenvalue weighted by Crippen LogP contribution is -2.56. The van der Waals surface area contributed by atoms with Crippen LogP contribution in [0, 0.1) is 11.7 Å². The molecule has 5 nitrogen and oxygen atoms in total. The molecule has 2 atom stereocenters. The molecule has 1 fully saturated rings. The molecule has 0 bridgehead atoms. The lowest BCUT2D eigenvalue weighted by Gasteiger charge is -2.46. The Morgan fingerprint density at radius 2 is 2.12 bits per heavy atom. The van der Waals surface area contributed by atoms with Gasteiger partial charge in [-0.2, -0.15) is 0 Å². The van der Waals surface area contributed by atoms with Gasteiger partial charge in [0.2, 0.25) is 5.88 Å². The fourth-order valence-corrected chi connectivity index (χ4v) is 3.54. The Morgan fingerprint density at radius 1 is 1.35 bits per heavy atom. The van der Waals surface area contributed by atoms with Crippen LogP contribution in [0.15, 0.2) is 48.7 Å². The second kappa shape index (κ2) is 7.72. The van der Waals surface area contributed by atoms with Gasteiger partial charge in [-0.25, -0.2) is 14.2 Å². The standard InChI is InChI=1S/C20H23FN2O3/c1-20(11-15-5-3-2-4-6-15)10-9-16(13-23(20)19(24)25)14-26-18-8-7-17(21)12-22-18/h2-8,12,16H,9-11,13-14H2,1H3,(H,24,25)/t16-,20-/m1/s1. The van der Waals surface area contributed by atoms with Crippen LogP contribution in [0.1, 0.15) is 25.3 Å². The number of pyridine rings is 1. The second-order valence-corrected chi connectivity index (χ2v) is 7.08. The van der Waals surface area contributed by atoms with E-state index in [0.29, 0.717) is 25.5 Å². The van der Waals surface area contributed by atoms with E-state index in [-0.39, 0.29) is 5.92 Å². The van der Waals surface area contributed by atoms with Crippen molar-refractivity contribution < 1.29 is 19.0 Å². The Bertz CT molecular complexity index is 738. The van der Waals surface area contributed by atoms with E-state index in [1.165, 1.54) is 17.0 Å². The van der Waals surface area contributed by atoms with E-state index in [1.54, 1.807) is 0 Å². The van der Waals surface area contributed by atoms with Crippen molar-refractivity contribution in [2.45, 2.75) is 31.7 Å². The summed E-state index contributed by atoms with van der Waals surface area (Å²) in [5.74, 6) is 0.0245. The molecule has 0 saturated carbocycles. The molecule has 0 unspecified atom stereocenters. The highest BCUT2D eigenvalue weighted by molar-refractivity contribution is 5.66. The number of rotatable bonds is 5. The predicted molar refractivity (Wildman–Crippen MR) is 95.7 cm³/mol. The van der Waals surface area contributed by atoms with Crippen molar-refractivity contribution in [3.63, 3.8) is 0 Å². The number of ether oxygens (including phenoxy) is 1. The summed E-state index contributed by atoms with van der Waals surface area (Å²) in [6.07, 6.45) is 2.52. The average Bonchev–Trinajstić information content (AvgIpc) is 2.63. The number of aromatic nitrogens is 1. The minimum absolute atomic E-state index is 0.0850. The number of nitrogens with zero attached hydrogens (tertiary/aromatic N) is 2. The van der Waals surface area contributed by atoms with Crippen molar-refractivity contribution in [2.75, 3.05) is 13.2 Å². The van der Waals surface area contributed by atoms with E-state index in [2.05, 4.69) is 4.98 Å². The summed E-state index contributed by atoms with van der Waals surface area (Å²) < 4.78 is 18.5. The fraction of sp³-hybridized carbons (Fsp3) is 0.400. The lowest BCUT2D eigenvalue weighted by molar-refractivity contribution is 0.0246. The average molecular weight is 358 g/mol. The van der Waals surface area contributed by atoms with Gasteiger partial charge >= 0.3 is 6.09 Å². The predicted octanol–water partition coefficient (Wildman–Crippen LogP) is 3.99. The van der Waals surface area contributed by atoms with Crippen molar-refractivity contribution in [2.24, 2.45) is 5.92 Å². The quantitative estimate of drug-likeness (QED) is 0.878. The molecule has 26 heavy (non-hydrogen) atoms. The smallest absolute Gasteiger partial charge is 0.407 e. The highest BCUT2D eigenvalue weighted by atomic mass is 19.1. The first-order chi connectivity index (χ1) is 12.5. The van der Waals surface area contributed by atoms with Gasteiger partial charge in [0.25, 0.3) is 0 Å². The number of piperidine rings is 1. The van der Waals surface area contributed by atoms with Gasteiger partial charge in [-0.3, -0.25) is 0 Å². The number of carbonyl (C=O) groups is 1. The number of benzene rings is 1. The molecular weight excluding hydrogens is 335 g/mol. The zero-order valence-electron chi connectivity index (χ0n) is 14.8. The van der Waals surface area contributed by atoms with Gasteiger partial charge in [-0.1, -0.05) is 30.3 Å². The minimum Gasteiger partial charge on any atom is -0.477 e. The lowest BCUT2D eigenvalue weighted by atomic mass is 9.80. The summed E-state index contributed by atoms with van der Waals surface area (Å²) >= 11 is 0. The molecule has 2 aromatic rings. The van der Waals surface area contributed by atoms with Crippen molar-refractivity contribution in [1.82, 2.24) is 9.88 Å². The molecular formula is C20H23FN2O3. The van der Waals surface area contributed by atoms with E-state index in [0.717, 1.165) is 24.6 Å². The van der Waals surface area contributed by atoms with Crippen LogP contribution in [-0.4, -0.2) is 39.8 Å². The molecule has 1 amide bonds. The van der Waals surface area contributed by atoms with Crippen LogP contribution >= 0.6 is 0 Å². The van der Waals surface area contributed by atoms with Crippen LogP contribution in [-0.2, 0) is 6.42 Å². The molecule has 3 rings (SSSR count). The third kappa shape index (κ3) is 4.31. The highest BCUT2D eigenvalue weighted by Gasteiger charge is 2.41. The van der Waals surface area contributed by atoms with Gasteiger partial charge in [0.15, 0.2) is 0 Å². The van der Waals surface area contributed by atoms with Crippen LogP contribution in [0.25, 0.3) is 0 Å². The third-order valence-electron chi connectivity index (χ3n) is 5.01. The van der Waals surface area contributed by atoms with Gasteiger partial charge in [0, 0.05) is 24.1 Å². The first-order valence-electron chi connectivity index (χ1n) is 8.75. The van der Waals surface area contributed by atoms with E-state index in [4.69, 9.17) is 4.74 Å². The van der Waals surface area contributed by atoms with Gasteiger partial charge in [0.1, 0.15) is 5.82 Å². The van der Waals surface area contributed by atoms with Crippen molar-refractivity contribution in [3.05, 3.63) is 60.0 Å².